The molecule has 0 aliphatic carbocycles. The normalized spacial score (nSPS) is 13.2. The molecule has 2 heterocycles. The van der Waals surface area contributed by atoms with Gasteiger partial charge in [-0.2, -0.15) is 0 Å². The number of aliphatic imine (C=N–C) groups is 1. The highest BCUT2D eigenvalue weighted by Gasteiger charge is 2.14. The lowest BCUT2D eigenvalue weighted by Gasteiger charge is -2.13. The van der Waals surface area contributed by atoms with Gasteiger partial charge in [-0.1, -0.05) is 5.16 Å². The van der Waals surface area contributed by atoms with Gasteiger partial charge in [0.1, 0.15) is 0 Å². The van der Waals surface area contributed by atoms with Gasteiger partial charge in [0.2, 0.25) is 0 Å². The Kier molecular flexibility index (Phi) is 5.03. The van der Waals surface area contributed by atoms with E-state index in [1.54, 1.807) is 12.1 Å². The molecule has 0 saturated heterocycles. The first-order chi connectivity index (χ1) is 12.1. The van der Waals surface area contributed by atoms with Crippen LogP contribution in [0.15, 0.2) is 39.8 Å². The van der Waals surface area contributed by atoms with Crippen LogP contribution in [0.5, 0.6) is 0 Å². The fourth-order valence-electron chi connectivity index (χ4n) is 2.43. The molecule has 0 saturated carbocycles. The molecule has 1 aliphatic rings. The number of non-ortho nitro benzene ring substituents is 1. The summed E-state index contributed by atoms with van der Waals surface area (Å²) in [6, 6.07) is 7.37. The summed E-state index contributed by atoms with van der Waals surface area (Å²) >= 11 is 0. The van der Waals surface area contributed by atoms with Gasteiger partial charge in [-0.25, -0.2) is 0 Å². The number of nitrogens with one attached hydrogen (secondary N) is 1. The van der Waals surface area contributed by atoms with E-state index in [2.05, 4.69) is 20.4 Å². The first-order valence-electron chi connectivity index (χ1n) is 7.87. The van der Waals surface area contributed by atoms with Crippen molar-refractivity contribution in [3.05, 3.63) is 46.1 Å². The van der Waals surface area contributed by atoms with Gasteiger partial charge < -0.3 is 14.7 Å². The molecule has 25 heavy (non-hydrogen) atoms. The fraction of sp³-hybridized carbons (Fsp3) is 0.312. The molecule has 0 atom stereocenters. The molecule has 0 fully saturated rings. The molecule has 2 aromatic rings. The maximum atomic E-state index is 12.1. The standard InChI is InChI=1S/C16H17N5O4/c22-16(18-6-1-8-20-9-7-17-11-20)14-10-15(25-19-14)12-2-4-13(5-3-12)21(23)24/h2-5,10-11H,1,6-9H2,(H,18,22). The van der Waals surface area contributed by atoms with Crippen molar-refractivity contribution in [3.63, 3.8) is 0 Å². The Morgan fingerprint density at radius 3 is 2.84 bits per heavy atom. The summed E-state index contributed by atoms with van der Waals surface area (Å²) < 4.78 is 5.15. The molecule has 1 aliphatic heterocycles. The first-order valence-corrected chi connectivity index (χ1v) is 7.87. The third-order valence-electron chi connectivity index (χ3n) is 3.77. The Bertz CT molecular complexity index is 784. The van der Waals surface area contributed by atoms with E-state index in [0.717, 1.165) is 26.1 Å². The number of carbonyl (C=O) groups is 1. The van der Waals surface area contributed by atoms with Crippen LogP contribution in [-0.2, 0) is 0 Å². The molecule has 130 valence electrons. The molecular weight excluding hydrogens is 326 g/mol. The van der Waals surface area contributed by atoms with Crippen molar-refractivity contribution < 1.29 is 14.2 Å². The molecule has 3 rings (SSSR count). The Labute approximate surface area is 143 Å². The summed E-state index contributed by atoms with van der Waals surface area (Å²) in [7, 11) is 0. The SMILES string of the molecule is O=C(NCCCN1C=NCC1)c1cc(-c2ccc([N+](=O)[O-])cc2)on1. The van der Waals surface area contributed by atoms with E-state index in [-0.39, 0.29) is 17.3 Å². The number of benzene rings is 1. The summed E-state index contributed by atoms with van der Waals surface area (Å²) in [4.78, 5) is 28.5. The molecule has 1 aromatic carbocycles. The Hall–Kier alpha value is -3.23. The maximum Gasteiger partial charge on any atom is 0.273 e. The minimum absolute atomic E-state index is 0.00993. The Morgan fingerprint density at radius 1 is 1.36 bits per heavy atom. The number of aromatic nitrogens is 1. The average molecular weight is 343 g/mol. The summed E-state index contributed by atoms with van der Waals surface area (Å²) in [5, 5.41) is 17.2. The molecule has 0 bridgehead atoms. The zero-order valence-electron chi connectivity index (χ0n) is 13.4. The molecule has 0 unspecified atom stereocenters. The lowest BCUT2D eigenvalue weighted by molar-refractivity contribution is -0.384. The van der Waals surface area contributed by atoms with Crippen molar-refractivity contribution in [1.29, 1.82) is 0 Å². The van der Waals surface area contributed by atoms with Gasteiger partial charge in [-0.15, -0.1) is 0 Å². The monoisotopic (exact) mass is 343 g/mol. The van der Waals surface area contributed by atoms with Crippen molar-refractivity contribution in [2.75, 3.05) is 26.2 Å². The summed E-state index contributed by atoms with van der Waals surface area (Å²) in [5.41, 5.74) is 0.783. The predicted octanol–water partition coefficient (Wildman–Crippen LogP) is 1.71. The number of nitro groups is 1. The predicted molar refractivity (Wildman–Crippen MR) is 90.5 cm³/mol. The molecule has 1 amide bonds. The van der Waals surface area contributed by atoms with E-state index >= 15 is 0 Å². The second-order valence-electron chi connectivity index (χ2n) is 5.55. The van der Waals surface area contributed by atoms with E-state index in [1.165, 1.54) is 18.2 Å². The minimum Gasteiger partial charge on any atom is -0.361 e. The van der Waals surface area contributed by atoms with Gasteiger partial charge in [0.15, 0.2) is 11.5 Å². The van der Waals surface area contributed by atoms with Crippen LogP contribution in [0.4, 0.5) is 5.69 Å². The quantitative estimate of drug-likeness (QED) is 0.465. The molecular formula is C16H17N5O4. The van der Waals surface area contributed by atoms with Crippen molar-refractivity contribution in [2.24, 2.45) is 4.99 Å². The molecule has 0 radical (unpaired) electrons. The van der Waals surface area contributed by atoms with Gasteiger partial charge in [0, 0.05) is 43.4 Å². The van der Waals surface area contributed by atoms with Crippen LogP contribution in [0.1, 0.15) is 16.9 Å². The number of nitrogens with zero attached hydrogens (tertiary/aromatic N) is 4. The van der Waals surface area contributed by atoms with Crippen LogP contribution in [-0.4, -0.2) is 53.4 Å². The number of nitro benzene ring substituents is 1. The van der Waals surface area contributed by atoms with Gasteiger partial charge in [0.25, 0.3) is 11.6 Å². The summed E-state index contributed by atoms with van der Waals surface area (Å²) in [6.07, 6.45) is 2.64. The van der Waals surface area contributed by atoms with Gasteiger partial charge in [-0.3, -0.25) is 19.9 Å². The van der Waals surface area contributed by atoms with Crippen LogP contribution in [0.2, 0.25) is 0 Å². The molecule has 0 spiro atoms. The largest absolute Gasteiger partial charge is 0.361 e. The Balaban J connectivity index is 1.52. The van der Waals surface area contributed by atoms with E-state index in [9.17, 15) is 14.9 Å². The number of carbonyl (C=O) groups excluding carboxylic acids is 1. The number of amides is 1. The van der Waals surface area contributed by atoms with Gasteiger partial charge in [0.05, 0.1) is 17.8 Å². The lowest BCUT2D eigenvalue weighted by atomic mass is 10.1. The third kappa shape index (κ3) is 4.19. The number of rotatable bonds is 7. The molecule has 9 heteroatoms. The zero-order valence-corrected chi connectivity index (χ0v) is 13.4. The van der Waals surface area contributed by atoms with Crippen molar-refractivity contribution in [2.45, 2.75) is 6.42 Å². The third-order valence-corrected chi connectivity index (χ3v) is 3.77. The zero-order chi connectivity index (χ0) is 17.6. The van der Waals surface area contributed by atoms with E-state index < -0.39 is 4.92 Å². The highest BCUT2D eigenvalue weighted by Crippen LogP contribution is 2.23. The Morgan fingerprint density at radius 2 is 2.16 bits per heavy atom. The topological polar surface area (TPSA) is 114 Å². The minimum atomic E-state index is -0.475. The van der Waals surface area contributed by atoms with Crippen molar-refractivity contribution in [1.82, 2.24) is 15.4 Å². The first kappa shape index (κ1) is 16.6. The van der Waals surface area contributed by atoms with Crippen LogP contribution in [0.25, 0.3) is 11.3 Å². The van der Waals surface area contributed by atoms with Gasteiger partial charge >= 0.3 is 0 Å². The average Bonchev–Trinajstić information content (AvgIpc) is 3.30. The lowest BCUT2D eigenvalue weighted by Crippen LogP contribution is -2.28. The van der Waals surface area contributed by atoms with Crippen LogP contribution >= 0.6 is 0 Å². The summed E-state index contributed by atoms with van der Waals surface area (Å²) in [6.45, 7) is 3.13. The summed E-state index contributed by atoms with van der Waals surface area (Å²) in [5.74, 6) is 0.0697. The second kappa shape index (κ2) is 7.56. The molecule has 9 nitrogen and oxygen atoms in total. The van der Waals surface area contributed by atoms with Gasteiger partial charge in [-0.05, 0) is 18.6 Å². The van der Waals surface area contributed by atoms with E-state index in [4.69, 9.17) is 4.52 Å². The number of hydrogen-bond acceptors (Lipinski definition) is 7. The smallest absolute Gasteiger partial charge is 0.273 e. The molecule has 1 N–H and O–H groups in total. The highest BCUT2D eigenvalue weighted by atomic mass is 16.6. The van der Waals surface area contributed by atoms with Crippen LogP contribution in [0, 0.1) is 10.1 Å². The fourth-order valence-corrected chi connectivity index (χ4v) is 2.43. The van der Waals surface area contributed by atoms with Crippen molar-refractivity contribution >= 4 is 17.9 Å². The van der Waals surface area contributed by atoms with E-state index in [0.29, 0.717) is 17.9 Å². The second-order valence-corrected chi connectivity index (χ2v) is 5.55. The molecule has 1 aromatic heterocycles. The van der Waals surface area contributed by atoms with E-state index in [1.807, 2.05) is 6.34 Å². The van der Waals surface area contributed by atoms with Crippen LogP contribution in [0.3, 0.4) is 0 Å². The number of hydrogen-bond donors (Lipinski definition) is 1. The maximum absolute atomic E-state index is 12.1. The van der Waals surface area contributed by atoms with Crippen LogP contribution < -0.4 is 5.32 Å². The van der Waals surface area contributed by atoms with Crippen molar-refractivity contribution in [3.8, 4) is 11.3 Å². The highest BCUT2D eigenvalue weighted by molar-refractivity contribution is 5.93.